The molecular weight excluding hydrogens is 472 g/mol. The molecule has 1 aliphatic rings. The summed E-state index contributed by atoms with van der Waals surface area (Å²) in [6.07, 6.45) is 1.53. The van der Waals surface area contributed by atoms with Crippen molar-refractivity contribution in [3.05, 3.63) is 64.1 Å². The van der Waals surface area contributed by atoms with E-state index in [9.17, 15) is 9.59 Å². The lowest BCUT2D eigenvalue weighted by Crippen LogP contribution is -2.51. The van der Waals surface area contributed by atoms with E-state index >= 15 is 0 Å². The van der Waals surface area contributed by atoms with Gasteiger partial charge in [0.15, 0.2) is 0 Å². The number of carbonyl (C=O) groups is 2. The molecule has 0 bridgehead atoms. The summed E-state index contributed by atoms with van der Waals surface area (Å²) in [5.74, 6) is 0.593. The Morgan fingerprint density at radius 3 is 2.62 bits per heavy atom. The van der Waals surface area contributed by atoms with E-state index in [1.165, 1.54) is 0 Å². The van der Waals surface area contributed by atoms with Gasteiger partial charge in [-0.2, -0.15) is 0 Å². The van der Waals surface area contributed by atoms with Gasteiger partial charge in [0, 0.05) is 29.2 Å². The second-order valence-corrected chi connectivity index (χ2v) is 9.95. The van der Waals surface area contributed by atoms with Crippen molar-refractivity contribution < 1.29 is 19.1 Å². The van der Waals surface area contributed by atoms with Gasteiger partial charge in [0.1, 0.15) is 18.0 Å². The number of amides is 2. The van der Waals surface area contributed by atoms with Gasteiger partial charge in [-0.3, -0.25) is 4.79 Å². The number of nitrogens with zero attached hydrogens (tertiary/aromatic N) is 1. The van der Waals surface area contributed by atoms with Crippen LogP contribution in [0, 0.1) is 0 Å². The molecule has 1 heterocycles. The quantitative estimate of drug-likeness (QED) is 0.597. The molecular formula is C25H31BrN2O4. The molecule has 2 aromatic rings. The monoisotopic (exact) mass is 502 g/mol. The first-order valence-electron chi connectivity index (χ1n) is 10.9. The fourth-order valence-electron chi connectivity index (χ4n) is 3.60. The summed E-state index contributed by atoms with van der Waals surface area (Å²) in [5, 5.41) is 3.08. The van der Waals surface area contributed by atoms with Crippen LogP contribution in [0.2, 0.25) is 0 Å². The number of hydrogen-bond acceptors (Lipinski definition) is 4. The third-order valence-corrected chi connectivity index (χ3v) is 5.54. The fraction of sp³-hybridized carbons (Fsp3) is 0.440. The lowest BCUT2D eigenvalue weighted by Gasteiger charge is -2.34. The van der Waals surface area contributed by atoms with E-state index in [0.29, 0.717) is 25.4 Å². The van der Waals surface area contributed by atoms with Crippen LogP contribution in [-0.2, 0) is 22.6 Å². The molecule has 0 spiro atoms. The minimum absolute atomic E-state index is 0.0930. The van der Waals surface area contributed by atoms with Crippen molar-refractivity contribution in [3.8, 4) is 5.75 Å². The molecule has 0 saturated carbocycles. The first-order valence-corrected chi connectivity index (χ1v) is 11.7. The van der Waals surface area contributed by atoms with Gasteiger partial charge in [0.2, 0.25) is 5.91 Å². The van der Waals surface area contributed by atoms with Crippen LogP contribution in [0.5, 0.6) is 5.75 Å². The second kappa shape index (κ2) is 10.9. The predicted molar refractivity (Wildman–Crippen MR) is 128 cm³/mol. The summed E-state index contributed by atoms with van der Waals surface area (Å²) in [6, 6.07) is 15.5. The summed E-state index contributed by atoms with van der Waals surface area (Å²) < 4.78 is 12.4. The second-order valence-electron chi connectivity index (χ2n) is 9.04. The van der Waals surface area contributed by atoms with E-state index < -0.39 is 5.60 Å². The molecule has 2 aromatic carbocycles. The lowest BCUT2D eigenvalue weighted by molar-refractivity contribution is -0.121. The molecule has 7 heteroatoms. The largest absolute Gasteiger partial charge is 0.489 e. The van der Waals surface area contributed by atoms with Gasteiger partial charge < -0.3 is 19.7 Å². The maximum atomic E-state index is 12.8. The van der Waals surface area contributed by atoms with Gasteiger partial charge in [-0.25, -0.2) is 4.79 Å². The van der Waals surface area contributed by atoms with Crippen LogP contribution in [0.4, 0.5) is 4.79 Å². The van der Waals surface area contributed by atoms with Gasteiger partial charge in [-0.15, -0.1) is 0 Å². The standard InChI is InChI=1S/C25H31BrN2O4/c1-25(2,3)32-24(30)28-13-7-10-21(16-28)27-23(29)15-19-14-20(26)11-12-22(19)31-17-18-8-5-4-6-9-18/h4-6,8-9,11-12,14,21H,7,10,13,15-17H2,1-3H3,(H,27,29)/t21-/m1/s1. The van der Waals surface area contributed by atoms with Crippen molar-refractivity contribution in [2.75, 3.05) is 13.1 Å². The van der Waals surface area contributed by atoms with Crippen LogP contribution in [-0.4, -0.2) is 41.6 Å². The van der Waals surface area contributed by atoms with E-state index in [0.717, 1.165) is 28.4 Å². The van der Waals surface area contributed by atoms with E-state index in [2.05, 4.69) is 21.2 Å². The maximum Gasteiger partial charge on any atom is 0.410 e. The molecule has 2 amide bonds. The maximum absolute atomic E-state index is 12.8. The minimum atomic E-state index is -0.538. The van der Waals surface area contributed by atoms with Crippen molar-refractivity contribution in [2.45, 2.75) is 58.3 Å². The normalized spacial score (nSPS) is 16.4. The molecule has 0 unspecified atom stereocenters. The van der Waals surface area contributed by atoms with Gasteiger partial charge >= 0.3 is 6.09 Å². The molecule has 1 atom stereocenters. The smallest absolute Gasteiger partial charge is 0.410 e. The highest BCUT2D eigenvalue weighted by Gasteiger charge is 2.28. The zero-order valence-corrected chi connectivity index (χ0v) is 20.5. The molecule has 32 heavy (non-hydrogen) atoms. The third-order valence-electron chi connectivity index (χ3n) is 5.05. The van der Waals surface area contributed by atoms with E-state index in [-0.39, 0.29) is 24.5 Å². The highest BCUT2D eigenvalue weighted by molar-refractivity contribution is 9.10. The fourth-order valence-corrected chi connectivity index (χ4v) is 4.01. The van der Waals surface area contributed by atoms with Crippen LogP contribution in [0.1, 0.15) is 44.7 Å². The van der Waals surface area contributed by atoms with Gasteiger partial charge in [-0.05, 0) is 57.4 Å². The summed E-state index contributed by atoms with van der Waals surface area (Å²) >= 11 is 3.48. The number of nitrogens with one attached hydrogen (secondary N) is 1. The van der Waals surface area contributed by atoms with Gasteiger partial charge in [0.05, 0.1) is 6.42 Å². The molecule has 1 fully saturated rings. The number of piperidine rings is 1. The number of likely N-dealkylation sites (tertiary alicyclic amines) is 1. The van der Waals surface area contributed by atoms with Crippen LogP contribution in [0.15, 0.2) is 53.0 Å². The Labute approximate surface area is 198 Å². The number of hydrogen-bond donors (Lipinski definition) is 1. The number of carbonyl (C=O) groups excluding carboxylic acids is 2. The molecule has 6 nitrogen and oxygen atoms in total. The Morgan fingerprint density at radius 2 is 1.91 bits per heavy atom. The van der Waals surface area contributed by atoms with Crippen LogP contribution < -0.4 is 10.1 Å². The Kier molecular flexibility index (Phi) is 8.18. The van der Waals surface area contributed by atoms with Gasteiger partial charge in [-0.1, -0.05) is 46.3 Å². The minimum Gasteiger partial charge on any atom is -0.489 e. The predicted octanol–water partition coefficient (Wildman–Crippen LogP) is 5.09. The molecule has 0 aliphatic carbocycles. The first kappa shape index (κ1) is 24.1. The summed E-state index contributed by atoms with van der Waals surface area (Å²) in [4.78, 5) is 26.9. The molecule has 0 aromatic heterocycles. The highest BCUT2D eigenvalue weighted by atomic mass is 79.9. The Morgan fingerprint density at radius 1 is 1.16 bits per heavy atom. The van der Waals surface area contributed by atoms with Crippen molar-refractivity contribution in [3.63, 3.8) is 0 Å². The van der Waals surface area contributed by atoms with Crippen molar-refractivity contribution in [1.29, 1.82) is 0 Å². The van der Waals surface area contributed by atoms with Crippen LogP contribution in [0.25, 0.3) is 0 Å². The summed E-state index contributed by atoms with van der Waals surface area (Å²) in [5.41, 5.74) is 1.34. The molecule has 3 rings (SSSR count). The van der Waals surface area contributed by atoms with E-state index in [1.54, 1.807) is 4.90 Å². The molecule has 1 N–H and O–H groups in total. The van der Waals surface area contributed by atoms with Crippen LogP contribution >= 0.6 is 15.9 Å². The molecule has 1 aliphatic heterocycles. The molecule has 0 radical (unpaired) electrons. The highest BCUT2D eigenvalue weighted by Crippen LogP contribution is 2.25. The Balaban J connectivity index is 1.58. The molecule has 1 saturated heterocycles. The third kappa shape index (κ3) is 7.55. The van der Waals surface area contributed by atoms with Gasteiger partial charge in [0.25, 0.3) is 0 Å². The zero-order chi connectivity index (χ0) is 23.1. The number of ether oxygens (including phenoxy) is 2. The SMILES string of the molecule is CC(C)(C)OC(=O)N1CCC[C@@H](NC(=O)Cc2cc(Br)ccc2OCc2ccccc2)C1. The average molecular weight is 503 g/mol. The van der Waals surface area contributed by atoms with Crippen molar-refractivity contribution >= 4 is 27.9 Å². The lowest BCUT2D eigenvalue weighted by atomic mass is 10.0. The number of rotatable bonds is 6. The topological polar surface area (TPSA) is 67.9 Å². The first-order chi connectivity index (χ1) is 15.2. The van der Waals surface area contributed by atoms with E-state index in [4.69, 9.17) is 9.47 Å². The number of halogens is 1. The Hall–Kier alpha value is -2.54. The zero-order valence-electron chi connectivity index (χ0n) is 18.9. The van der Waals surface area contributed by atoms with Crippen molar-refractivity contribution in [1.82, 2.24) is 10.2 Å². The summed E-state index contributed by atoms with van der Waals surface area (Å²) in [6.45, 7) is 7.09. The number of benzene rings is 2. The average Bonchev–Trinajstić information content (AvgIpc) is 2.73. The van der Waals surface area contributed by atoms with Crippen molar-refractivity contribution in [2.24, 2.45) is 0 Å². The molecule has 172 valence electrons. The van der Waals surface area contributed by atoms with Crippen LogP contribution in [0.3, 0.4) is 0 Å². The summed E-state index contributed by atoms with van der Waals surface area (Å²) in [7, 11) is 0. The Bertz CT molecular complexity index is 927. The van der Waals surface area contributed by atoms with E-state index in [1.807, 2.05) is 69.3 Å².